The van der Waals surface area contributed by atoms with Crippen molar-refractivity contribution in [1.82, 2.24) is 24.2 Å². The molecule has 0 amide bonds. The van der Waals surface area contributed by atoms with Crippen LogP contribution >= 0.6 is 0 Å². The number of sulfone groups is 2. The molecule has 0 bridgehead atoms. The van der Waals surface area contributed by atoms with Crippen molar-refractivity contribution in [1.29, 1.82) is 0 Å². The van der Waals surface area contributed by atoms with Crippen molar-refractivity contribution in [2.45, 2.75) is 37.1 Å². The Morgan fingerprint density at radius 3 is 2.29 bits per heavy atom. The lowest BCUT2D eigenvalue weighted by Crippen LogP contribution is -2.51. The van der Waals surface area contributed by atoms with Gasteiger partial charge in [0, 0.05) is 55.3 Å². The highest BCUT2D eigenvalue weighted by atomic mass is 32.2. The Labute approximate surface area is 223 Å². The van der Waals surface area contributed by atoms with E-state index in [0.29, 0.717) is 13.1 Å². The van der Waals surface area contributed by atoms with Crippen LogP contribution in [0.25, 0.3) is 28.0 Å². The Kier molecular flexibility index (Phi) is 6.73. The van der Waals surface area contributed by atoms with Crippen molar-refractivity contribution in [3.05, 3.63) is 60.6 Å². The molecule has 0 radical (unpaired) electrons. The number of rotatable bonds is 7. The number of aromatic nitrogens is 4. The van der Waals surface area contributed by atoms with Gasteiger partial charge in [-0.2, -0.15) is 5.10 Å². The fourth-order valence-corrected chi connectivity index (χ4v) is 6.88. The van der Waals surface area contributed by atoms with E-state index >= 15 is 0 Å². The molecule has 0 saturated carbocycles. The van der Waals surface area contributed by atoms with Gasteiger partial charge in [-0.15, -0.1) is 0 Å². The van der Waals surface area contributed by atoms with Crippen LogP contribution in [0.2, 0.25) is 0 Å². The van der Waals surface area contributed by atoms with Crippen LogP contribution in [0.5, 0.6) is 0 Å². The summed E-state index contributed by atoms with van der Waals surface area (Å²) < 4.78 is 51.4. The number of hydrogen-bond acceptors (Lipinski definition) is 7. The van der Waals surface area contributed by atoms with Crippen LogP contribution in [-0.4, -0.2) is 77.5 Å². The van der Waals surface area contributed by atoms with Crippen LogP contribution in [0, 0.1) is 0 Å². The van der Waals surface area contributed by atoms with Crippen LogP contribution in [0.15, 0.2) is 59.9 Å². The van der Waals surface area contributed by atoms with Crippen LogP contribution in [0.1, 0.15) is 25.8 Å². The standard InChI is InChI=1S/C27H33N5O4S2/c1-27(2,31-13-15-38(35,36)16-14-31)12-11-21-18-32(22-17-28-30(3)19-22)26-24(21)9-10-25(29-26)20-5-7-23(8-6-20)37(4,33)34/h5-10,17-19H,11-16H2,1-4H3. The summed E-state index contributed by atoms with van der Waals surface area (Å²) >= 11 is 0. The molecule has 0 aliphatic carbocycles. The minimum atomic E-state index is -3.27. The van der Waals surface area contributed by atoms with Gasteiger partial charge >= 0.3 is 0 Å². The highest BCUT2D eigenvalue weighted by molar-refractivity contribution is 7.91. The largest absolute Gasteiger partial charge is 0.298 e. The first kappa shape index (κ1) is 26.6. The van der Waals surface area contributed by atoms with E-state index < -0.39 is 19.7 Å². The van der Waals surface area contributed by atoms with E-state index in [2.05, 4.69) is 36.1 Å². The molecule has 0 spiro atoms. The summed E-state index contributed by atoms with van der Waals surface area (Å²) in [5, 5.41) is 5.38. The topological polar surface area (TPSA) is 107 Å². The van der Waals surface area contributed by atoms with Gasteiger partial charge in [0.2, 0.25) is 0 Å². The molecule has 3 aromatic heterocycles. The Morgan fingerprint density at radius 1 is 1.00 bits per heavy atom. The normalized spacial score (nSPS) is 16.7. The fourth-order valence-electron chi connectivity index (χ4n) is 5.05. The average Bonchev–Trinajstić information content (AvgIpc) is 3.45. The fraction of sp³-hybridized carbons (Fsp3) is 0.407. The molecule has 1 fully saturated rings. The summed E-state index contributed by atoms with van der Waals surface area (Å²) in [7, 11) is -4.32. The highest BCUT2D eigenvalue weighted by Gasteiger charge is 2.32. The first-order valence-corrected chi connectivity index (χ1v) is 16.3. The summed E-state index contributed by atoms with van der Waals surface area (Å²) in [4.78, 5) is 7.55. The molecule has 1 aliphatic rings. The molecule has 9 nitrogen and oxygen atoms in total. The monoisotopic (exact) mass is 555 g/mol. The van der Waals surface area contributed by atoms with Crippen LogP contribution in [-0.2, 0) is 33.1 Å². The number of hydrogen-bond donors (Lipinski definition) is 0. The van der Waals surface area contributed by atoms with Crippen molar-refractivity contribution in [2.75, 3.05) is 30.9 Å². The van der Waals surface area contributed by atoms with Crippen LogP contribution < -0.4 is 0 Å². The Morgan fingerprint density at radius 2 is 1.68 bits per heavy atom. The zero-order chi connectivity index (χ0) is 27.3. The minimum absolute atomic E-state index is 0.145. The lowest BCUT2D eigenvalue weighted by Gasteiger charge is -2.41. The molecule has 202 valence electrons. The van der Waals surface area contributed by atoms with Gasteiger partial charge in [-0.05, 0) is 56.5 Å². The number of fused-ring (bicyclic) bond motifs is 1. The number of aryl methyl sites for hydroxylation is 2. The van der Waals surface area contributed by atoms with E-state index in [0.717, 1.165) is 46.4 Å². The van der Waals surface area contributed by atoms with Crippen molar-refractivity contribution in [2.24, 2.45) is 7.05 Å². The molecule has 4 aromatic rings. The summed E-state index contributed by atoms with van der Waals surface area (Å²) in [6.45, 7) is 5.50. The zero-order valence-corrected chi connectivity index (χ0v) is 23.8. The molecular formula is C27H33N5O4S2. The Bertz CT molecular complexity index is 1690. The van der Waals surface area contributed by atoms with Crippen LogP contribution in [0.3, 0.4) is 0 Å². The summed E-state index contributed by atoms with van der Waals surface area (Å²) in [5.74, 6) is 0.434. The van der Waals surface area contributed by atoms with Gasteiger partial charge in [-0.3, -0.25) is 14.1 Å². The summed E-state index contributed by atoms with van der Waals surface area (Å²) in [6.07, 6.45) is 8.73. The van der Waals surface area contributed by atoms with Gasteiger partial charge in [0.25, 0.3) is 0 Å². The summed E-state index contributed by atoms with van der Waals surface area (Å²) in [6, 6.07) is 10.8. The molecule has 1 aromatic carbocycles. The smallest absolute Gasteiger partial charge is 0.175 e. The van der Waals surface area contributed by atoms with E-state index in [1.165, 1.54) is 6.26 Å². The number of nitrogens with zero attached hydrogens (tertiary/aromatic N) is 5. The second-order valence-electron chi connectivity index (χ2n) is 10.7. The molecule has 1 aliphatic heterocycles. The van der Waals surface area contributed by atoms with Gasteiger partial charge in [-0.1, -0.05) is 12.1 Å². The maximum absolute atomic E-state index is 11.9. The van der Waals surface area contributed by atoms with Gasteiger partial charge in [0.1, 0.15) is 5.65 Å². The number of pyridine rings is 1. The van der Waals surface area contributed by atoms with Crippen LogP contribution in [0.4, 0.5) is 0 Å². The average molecular weight is 556 g/mol. The van der Waals surface area contributed by atoms with E-state index in [4.69, 9.17) is 4.98 Å². The SMILES string of the molecule is Cn1cc(-n2cc(CCC(C)(C)N3CCS(=O)(=O)CC3)c3ccc(-c4ccc(S(C)(=O)=O)cc4)nc32)cn1. The predicted molar refractivity (Wildman–Crippen MR) is 149 cm³/mol. The summed E-state index contributed by atoms with van der Waals surface area (Å²) in [5.41, 5.74) is 4.31. The van der Waals surface area contributed by atoms with E-state index in [-0.39, 0.29) is 21.9 Å². The third kappa shape index (κ3) is 5.41. The van der Waals surface area contributed by atoms with E-state index in [1.807, 2.05) is 23.9 Å². The molecule has 0 atom stereocenters. The first-order chi connectivity index (χ1) is 17.8. The maximum Gasteiger partial charge on any atom is 0.175 e. The predicted octanol–water partition coefficient (Wildman–Crippen LogP) is 3.27. The second kappa shape index (κ2) is 9.62. The molecule has 1 saturated heterocycles. The van der Waals surface area contributed by atoms with E-state index in [1.54, 1.807) is 35.1 Å². The van der Waals surface area contributed by atoms with Crippen molar-refractivity contribution < 1.29 is 16.8 Å². The molecule has 5 rings (SSSR count). The highest BCUT2D eigenvalue weighted by Crippen LogP contribution is 2.31. The minimum Gasteiger partial charge on any atom is -0.298 e. The maximum atomic E-state index is 11.9. The lowest BCUT2D eigenvalue weighted by atomic mass is 9.93. The lowest BCUT2D eigenvalue weighted by molar-refractivity contribution is 0.123. The first-order valence-electron chi connectivity index (χ1n) is 12.6. The van der Waals surface area contributed by atoms with Gasteiger partial charge < -0.3 is 0 Å². The van der Waals surface area contributed by atoms with Gasteiger partial charge in [0.05, 0.1) is 34.0 Å². The Hall–Kier alpha value is -3.02. The molecule has 0 unspecified atom stereocenters. The van der Waals surface area contributed by atoms with Gasteiger partial charge in [0.15, 0.2) is 19.7 Å². The number of benzene rings is 1. The Balaban J connectivity index is 1.48. The van der Waals surface area contributed by atoms with E-state index in [9.17, 15) is 16.8 Å². The molecule has 0 N–H and O–H groups in total. The van der Waals surface area contributed by atoms with Crippen molar-refractivity contribution in [3.8, 4) is 16.9 Å². The zero-order valence-electron chi connectivity index (χ0n) is 22.1. The third-order valence-corrected chi connectivity index (χ3v) is 10.2. The third-order valence-electron chi connectivity index (χ3n) is 7.49. The second-order valence-corrected chi connectivity index (χ2v) is 15.0. The van der Waals surface area contributed by atoms with Gasteiger partial charge in [-0.25, -0.2) is 21.8 Å². The van der Waals surface area contributed by atoms with Crippen molar-refractivity contribution in [3.63, 3.8) is 0 Å². The van der Waals surface area contributed by atoms with Crippen molar-refractivity contribution >= 4 is 30.7 Å². The molecule has 11 heteroatoms. The molecule has 38 heavy (non-hydrogen) atoms. The molecule has 4 heterocycles. The quantitative estimate of drug-likeness (QED) is 0.344. The molecular weight excluding hydrogens is 522 g/mol.